The van der Waals surface area contributed by atoms with E-state index in [-0.39, 0.29) is 22.7 Å². The highest BCUT2D eigenvalue weighted by molar-refractivity contribution is 7.93. The van der Waals surface area contributed by atoms with Gasteiger partial charge < -0.3 is 9.87 Å². The number of carbonyl (C=O) groups is 2. The van der Waals surface area contributed by atoms with E-state index in [0.29, 0.717) is 48.7 Å². The van der Waals surface area contributed by atoms with E-state index in [4.69, 9.17) is 0 Å². The van der Waals surface area contributed by atoms with Gasteiger partial charge in [0.05, 0.1) is 6.54 Å². The number of carbonyl (C=O) groups excluding carboxylic acids is 2. The maximum Gasteiger partial charge on any atom is 0.439 e. The molecule has 33 heavy (non-hydrogen) atoms. The lowest BCUT2D eigenvalue weighted by Gasteiger charge is -2.60. The van der Waals surface area contributed by atoms with Crippen molar-refractivity contribution >= 4 is 22.9 Å². The Bertz CT molecular complexity index is 842. The van der Waals surface area contributed by atoms with Crippen molar-refractivity contribution in [3.8, 4) is 0 Å². The van der Waals surface area contributed by atoms with Crippen LogP contribution in [0, 0.1) is 46.3 Å². The van der Waals surface area contributed by atoms with E-state index < -0.39 is 40.3 Å². The second-order valence-electron chi connectivity index (χ2n) is 12.1. The first-order valence-electron chi connectivity index (χ1n) is 12.6. The lowest BCUT2D eigenvalue weighted by atomic mass is 9.45. The molecular formula is C25H36F3NO3S. The molecule has 5 rings (SSSR count). The van der Waals surface area contributed by atoms with Gasteiger partial charge in [-0.25, -0.2) is 4.39 Å². The minimum atomic E-state index is -3.97. The topological polar surface area (TPSA) is 69.2 Å². The fourth-order valence-electron chi connectivity index (χ4n) is 9.31. The Morgan fingerprint density at radius 1 is 1.18 bits per heavy atom. The molecule has 4 bridgehead atoms. The Balaban J connectivity index is 1.33. The van der Waals surface area contributed by atoms with Gasteiger partial charge in [0.25, 0.3) is 0 Å². The molecular weight excluding hydrogens is 451 g/mol. The molecule has 5 aliphatic carbocycles. The third kappa shape index (κ3) is 3.35. The molecule has 4 nitrogen and oxygen atoms in total. The third-order valence-electron chi connectivity index (χ3n) is 10.9. The molecule has 0 spiro atoms. The lowest BCUT2D eigenvalue weighted by Crippen LogP contribution is -2.57. The molecule has 0 aromatic rings. The van der Waals surface area contributed by atoms with Crippen molar-refractivity contribution in [2.75, 3.05) is 6.54 Å². The Labute approximate surface area is 197 Å². The number of Topliss-reactive ketones (excluding diaryl/α,β-unsaturated/α-hetero) is 1. The Morgan fingerprint density at radius 3 is 2.61 bits per heavy atom. The number of halogens is 3. The molecule has 5 saturated carbocycles. The van der Waals surface area contributed by atoms with Crippen molar-refractivity contribution in [2.45, 2.75) is 88.8 Å². The van der Waals surface area contributed by atoms with E-state index in [9.17, 15) is 27.3 Å². The third-order valence-corrected chi connectivity index (χ3v) is 12.7. The summed E-state index contributed by atoms with van der Waals surface area (Å²) >= 11 is -2.62. The van der Waals surface area contributed by atoms with Crippen LogP contribution in [0.3, 0.4) is 0 Å². The van der Waals surface area contributed by atoms with Crippen molar-refractivity contribution < 1.29 is 27.3 Å². The monoisotopic (exact) mass is 487 g/mol. The average Bonchev–Trinajstić information content (AvgIpc) is 3.04. The maximum atomic E-state index is 14.7. The molecule has 1 amide bonds. The fourth-order valence-corrected chi connectivity index (χ4v) is 10.9. The van der Waals surface area contributed by atoms with Gasteiger partial charge in [0, 0.05) is 29.9 Å². The normalized spacial score (nSPS) is 48.1. The van der Waals surface area contributed by atoms with Gasteiger partial charge in [-0.05, 0) is 85.9 Å². The number of amides is 1. The first-order valence-corrected chi connectivity index (χ1v) is 13.8. The number of alkyl halides is 3. The summed E-state index contributed by atoms with van der Waals surface area (Å²) in [6.07, 6.45) is 3.94. The number of rotatable bonds is 5. The number of fused-ring (bicyclic) bond motifs is 3. The molecule has 8 heteroatoms. The van der Waals surface area contributed by atoms with Crippen LogP contribution in [-0.4, -0.2) is 39.5 Å². The Kier molecular flexibility index (Phi) is 5.72. The van der Waals surface area contributed by atoms with E-state index >= 15 is 0 Å². The highest BCUT2D eigenvalue weighted by atomic mass is 32.2. The Morgan fingerprint density at radius 2 is 1.91 bits per heavy atom. The van der Waals surface area contributed by atoms with Gasteiger partial charge >= 0.3 is 5.25 Å². The summed E-state index contributed by atoms with van der Waals surface area (Å²) in [5.41, 5.74) is -0.138. The van der Waals surface area contributed by atoms with Crippen molar-refractivity contribution in [1.82, 2.24) is 5.32 Å². The van der Waals surface area contributed by atoms with Crippen molar-refractivity contribution in [3.63, 3.8) is 0 Å². The van der Waals surface area contributed by atoms with Gasteiger partial charge in [-0.15, -0.1) is 0 Å². The predicted octanol–water partition coefficient (Wildman–Crippen LogP) is 4.64. The highest BCUT2D eigenvalue weighted by Gasteiger charge is 2.69. The molecule has 5 fully saturated rings. The molecule has 0 saturated heterocycles. The lowest BCUT2D eigenvalue weighted by molar-refractivity contribution is -0.139. The number of hydrogen-bond acceptors (Lipinski definition) is 3. The standard InChI is InChI=1S/C25H36F3NO3S/c1-13(30)29-12-21(26)25(27,28)33(32)16-10-15-8-14-9-17-18-4-5-22(31)23(18,2)7-6-19(17)24(15,3)20(14)11-16/h14-21H,4-12H2,1-3H3,(H,29,30)/t14?,15?,16-,17-,18+,19-,20?,21-,23-,24+,33?/m0/s1. The van der Waals surface area contributed by atoms with E-state index in [1.54, 1.807) is 0 Å². The molecule has 0 radical (unpaired) electrons. The second kappa shape index (κ2) is 7.87. The average molecular weight is 488 g/mol. The maximum absolute atomic E-state index is 14.7. The molecule has 0 aromatic carbocycles. The quantitative estimate of drug-likeness (QED) is 0.575. The van der Waals surface area contributed by atoms with Crippen molar-refractivity contribution in [3.05, 3.63) is 0 Å². The van der Waals surface area contributed by atoms with E-state index in [0.717, 1.165) is 39.0 Å². The minimum absolute atomic E-state index is 0.0435. The number of hydrogen-bond donors (Lipinski definition) is 1. The van der Waals surface area contributed by atoms with Crippen LogP contribution in [0.15, 0.2) is 0 Å². The van der Waals surface area contributed by atoms with E-state index in [1.165, 1.54) is 0 Å². The molecule has 11 atom stereocenters. The summed E-state index contributed by atoms with van der Waals surface area (Å²) in [5.74, 6) is 2.22. The summed E-state index contributed by atoms with van der Waals surface area (Å²) in [5, 5.41) is -2.60. The Hall–Kier alpha value is -0.760. The van der Waals surface area contributed by atoms with Crippen LogP contribution in [0.25, 0.3) is 0 Å². The van der Waals surface area contributed by atoms with Crippen LogP contribution in [0.4, 0.5) is 13.2 Å². The minimum Gasteiger partial charge on any atom is -0.611 e. The summed E-state index contributed by atoms with van der Waals surface area (Å²) in [4.78, 5) is 23.6. The van der Waals surface area contributed by atoms with E-state index in [2.05, 4.69) is 19.2 Å². The highest BCUT2D eigenvalue weighted by Crippen LogP contribution is 2.73. The summed E-state index contributed by atoms with van der Waals surface area (Å²) < 4.78 is 56.7. The number of nitrogens with one attached hydrogen (secondary N) is 1. The van der Waals surface area contributed by atoms with Crippen molar-refractivity contribution in [1.29, 1.82) is 0 Å². The molecule has 1 N–H and O–H groups in total. The van der Waals surface area contributed by atoms with Gasteiger partial charge in [-0.2, -0.15) is 8.78 Å². The summed E-state index contributed by atoms with van der Waals surface area (Å²) in [6.45, 7) is 4.82. The largest absolute Gasteiger partial charge is 0.611 e. The zero-order valence-corrected chi connectivity index (χ0v) is 20.6. The van der Waals surface area contributed by atoms with Crippen LogP contribution in [0.2, 0.25) is 0 Å². The zero-order valence-electron chi connectivity index (χ0n) is 19.7. The number of ketones is 1. The first kappa shape index (κ1) is 24.0. The molecule has 0 heterocycles. The zero-order chi connectivity index (χ0) is 23.9. The second-order valence-corrected chi connectivity index (χ2v) is 13.9. The van der Waals surface area contributed by atoms with Crippen LogP contribution in [0.5, 0.6) is 0 Å². The van der Waals surface area contributed by atoms with Crippen LogP contribution in [-0.2, 0) is 20.8 Å². The van der Waals surface area contributed by atoms with Gasteiger partial charge in [0.15, 0.2) is 0 Å². The molecule has 4 unspecified atom stereocenters. The SMILES string of the molecule is CC(=O)NC[C@H](F)C(F)(F)[S+]([O-])[C@H]1CC2CC3C[C@H]4[C@H]5CCC(=O)[C@@]5(C)CC[C@@H]4[C@]2(C)C3C1. The van der Waals surface area contributed by atoms with Crippen LogP contribution >= 0.6 is 0 Å². The summed E-state index contributed by atoms with van der Waals surface area (Å²) in [7, 11) is 0. The molecule has 5 aliphatic rings. The summed E-state index contributed by atoms with van der Waals surface area (Å²) in [6, 6.07) is 0. The van der Waals surface area contributed by atoms with Gasteiger partial charge in [0.1, 0.15) is 11.0 Å². The van der Waals surface area contributed by atoms with Gasteiger partial charge in [-0.1, -0.05) is 13.8 Å². The fraction of sp³-hybridized carbons (Fsp3) is 0.920. The molecule has 186 valence electrons. The molecule has 0 aliphatic heterocycles. The molecule has 0 aromatic heterocycles. The van der Waals surface area contributed by atoms with Gasteiger partial charge in [-0.3, -0.25) is 9.59 Å². The van der Waals surface area contributed by atoms with Gasteiger partial charge in [0.2, 0.25) is 12.1 Å². The smallest absolute Gasteiger partial charge is 0.439 e. The van der Waals surface area contributed by atoms with Crippen LogP contribution < -0.4 is 5.32 Å². The van der Waals surface area contributed by atoms with Crippen molar-refractivity contribution in [2.24, 2.45) is 46.3 Å². The predicted molar refractivity (Wildman–Crippen MR) is 120 cm³/mol. The van der Waals surface area contributed by atoms with E-state index in [1.807, 2.05) is 0 Å². The van der Waals surface area contributed by atoms with Crippen LogP contribution in [0.1, 0.15) is 72.1 Å². The first-order chi connectivity index (χ1) is 15.4.